The molecule has 0 aromatic heterocycles. The predicted octanol–water partition coefficient (Wildman–Crippen LogP) is 0.970. The van der Waals surface area contributed by atoms with Gasteiger partial charge in [0.1, 0.15) is 6.54 Å². The first-order valence-electron chi connectivity index (χ1n) is 4.85. The van der Waals surface area contributed by atoms with E-state index in [0.29, 0.717) is 0 Å². The quantitative estimate of drug-likeness (QED) is 0.821. The number of sulfonamides is 1. The van der Waals surface area contributed by atoms with Crippen molar-refractivity contribution in [2.75, 3.05) is 6.54 Å². The van der Waals surface area contributed by atoms with Crippen molar-refractivity contribution >= 4 is 22.1 Å². The fraction of sp³-hybridized carbons (Fsp3) is 0.182. The maximum absolute atomic E-state index is 11.3. The summed E-state index contributed by atoms with van der Waals surface area (Å²) in [5.41, 5.74) is 1.81. The van der Waals surface area contributed by atoms with Crippen molar-refractivity contribution in [3.63, 3.8) is 0 Å². The third-order valence-electron chi connectivity index (χ3n) is 1.94. The normalized spacial score (nSPS) is 11.8. The molecule has 0 aliphatic carbocycles. The van der Waals surface area contributed by atoms with Crippen LogP contribution in [0.3, 0.4) is 0 Å². The fourth-order valence-corrected chi connectivity index (χ4v) is 1.81. The Balaban J connectivity index is 2.70. The number of carboxylic acids is 1. The summed E-state index contributed by atoms with van der Waals surface area (Å²) in [6.07, 6.45) is 1.41. The van der Waals surface area contributed by atoms with Gasteiger partial charge in [-0.1, -0.05) is 29.8 Å². The molecule has 1 aromatic carbocycles. The highest BCUT2D eigenvalue weighted by atomic mass is 32.2. The topological polar surface area (TPSA) is 83.5 Å². The second-order valence-electron chi connectivity index (χ2n) is 3.47. The smallest absolute Gasteiger partial charge is 0.318 e. The highest BCUT2D eigenvalue weighted by molar-refractivity contribution is 7.92. The van der Waals surface area contributed by atoms with Gasteiger partial charge in [-0.25, -0.2) is 13.1 Å². The molecule has 2 N–H and O–H groups in total. The van der Waals surface area contributed by atoms with Gasteiger partial charge >= 0.3 is 5.97 Å². The molecule has 0 spiro atoms. The fourth-order valence-electron chi connectivity index (χ4n) is 1.06. The van der Waals surface area contributed by atoms with Gasteiger partial charge in [-0.3, -0.25) is 4.79 Å². The van der Waals surface area contributed by atoms with Gasteiger partial charge in [-0.05, 0) is 18.6 Å². The minimum atomic E-state index is -3.70. The van der Waals surface area contributed by atoms with Crippen LogP contribution in [0, 0.1) is 6.92 Å². The molecule has 92 valence electrons. The average Bonchev–Trinajstić information content (AvgIpc) is 2.26. The van der Waals surface area contributed by atoms with E-state index in [9.17, 15) is 13.2 Å². The Morgan fingerprint density at radius 1 is 1.35 bits per heavy atom. The van der Waals surface area contributed by atoms with E-state index in [1.807, 2.05) is 23.8 Å². The van der Waals surface area contributed by atoms with E-state index in [1.54, 1.807) is 12.1 Å². The monoisotopic (exact) mass is 255 g/mol. The van der Waals surface area contributed by atoms with Crippen LogP contribution in [-0.4, -0.2) is 26.0 Å². The van der Waals surface area contributed by atoms with Crippen molar-refractivity contribution in [2.24, 2.45) is 0 Å². The van der Waals surface area contributed by atoms with Crippen LogP contribution in [0.5, 0.6) is 0 Å². The summed E-state index contributed by atoms with van der Waals surface area (Å²) in [7, 11) is -3.70. The summed E-state index contributed by atoms with van der Waals surface area (Å²) in [6, 6.07) is 7.27. The largest absolute Gasteiger partial charge is 0.480 e. The highest BCUT2D eigenvalue weighted by Crippen LogP contribution is 2.05. The van der Waals surface area contributed by atoms with Crippen molar-refractivity contribution in [1.29, 1.82) is 0 Å². The maximum atomic E-state index is 11.3. The molecule has 0 atom stereocenters. The first-order chi connectivity index (χ1) is 7.89. The molecule has 0 saturated heterocycles. The van der Waals surface area contributed by atoms with Crippen molar-refractivity contribution in [1.82, 2.24) is 4.72 Å². The van der Waals surface area contributed by atoms with Crippen LogP contribution in [0.1, 0.15) is 11.1 Å². The summed E-state index contributed by atoms with van der Waals surface area (Å²) in [5, 5.41) is 9.29. The van der Waals surface area contributed by atoms with Crippen LogP contribution in [0.2, 0.25) is 0 Å². The SMILES string of the molecule is Cc1ccc(/C=C/S(=O)(=O)NCC(=O)O)cc1. The highest BCUT2D eigenvalue weighted by Gasteiger charge is 2.06. The molecular formula is C11H13NO4S. The number of hydrogen-bond donors (Lipinski definition) is 2. The summed E-state index contributed by atoms with van der Waals surface area (Å²) in [5.74, 6) is -1.22. The molecule has 0 bridgehead atoms. The Labute approximate surface area is 99.8 Å². The van der Waals surface area contributed by atoms with Crippen LogP contribution in [0.15, 0.2) is 29.7 Å². The molecule has 0 aliphatic heterocycles. The number of aryl methyl sites for hydroxylation is 1. The lowest BCUT2D eigenvalue weighted by molar-refractivity contribution is -0.135. The van der Waals surface area contributed by atoms with Crippen LogP contribution in [0.4, 0.5) is 0 Å². The van der Waals surface area contributed by atoms with Crippen molar-refractivity contribution in [3.8, 4) is 0 Å². The summed E-state index contributed by atoms with van der Waals surface area (Å²) >= 11 is 0. The molecule has 0 saturated carbocycles. The van der Waals surface area contributed by atoms with Crippen molar-refractivity contribution in [2.45, 2.75) is 6.92 Å². The van der Waals surface area contributed by atoms with Crippen molar-refractivity contribution in [3.05, 3.63) is 40.8 Å². The number of carbonyl (C=O) groups is 1. The number of hydrogen-bond acceptors (Lipinski definition) is 3. The van der Waals surface area contributed by atoms with Gasteiger partial charge in [0.25, 0.3) is 0 Å². The molecule has 17 heavy (non-hydrogen) atoms. The van der Waals surface area contributed by atoms with Gasteiger partial charge in [-0.2, -0.15) is 0 Å². The third kappa shape index (κ3) is 5.28. The standard InChI is InChI=1S/C11H13NO4S/c1-9-2-4-10(5-3-9)6-7-17(15,16)12-8-11(13)14/h2-7,12H,8H2,1H3,(H,13,14)/b7-6+. The van der Waals surface area contributed by atoms with Gasteiger partial charge in [0.2, 0.25) is 10.0 Å². The van der Waals surface area contributed by atoms with Crippen LogP contribution in [0.25, 0.3) is 6.08 Å². The molecule has 0 radical (unpaired) electrons. The molecule has 0 amide bonds. The second-order valence-corrected chi connectivity index (χ2v) is 5.12. The summed E-state index contributed by atoms with van der Waals surface area (Å²) in [6.45, 7) is 1.30. The zero-order valence-corrected chi connectivity index (χ0v) is 10.1. The minimum absolute atomic E-state index is 0.624. The van der Waals surface area contributed by atoms with Crippen molar-refractivity contribution < 1.29 is 18.3 Å². The molecule has 0 heterocycles. The van der Waals surface area contributed by atoms with Gasteiger partial charge in [-0.15, -0.1) is 0 Å². The Kier molecular flexibility index (Phi) is 4.42. The van der Waals surface area contributed by atoms with E-state index in [1.165, 1.54) is 6.08 Å². The summed E-state index contributed by atoms with van der Waals surface area (Å²) in [4.78, 5) is 10.2. The Bertz CT molecular complexity index is 517. The van der Waals surface area contributed by atoms with Crippen LogP contribution >= 0.6 is 0 Å². The van der Waals surface area contributed by atoms with Gasteiger partial charge < -0.3 is 5.11 Å². The zero-order valence-electron chi connectivity index (χ0n) is 9.25. The lowest BCUT2D eigenvalue weighted by Crippen LogP contribution is -2.27. The first kappa shape index (κ1) is 13.4. The number of aliphatic carboxylic acids is 1. The molecule has 6 heteroatoms. The number of nitrogens with one attached hydrogen (secondary N) is 1. The molecule has 1 aromatic rings. The van der Waals surface area contributed by atoms with Gasteiger partial charge in [0.05, 0.1) is 0 Å². The van der Waals surface area contributed by atoms with Crippen LogP contribution in [-0.2, 0) is 14.8 Å². The maximum Gasteiger partial charge on any atom is 0.318 e. The average molecular weight is 255 g/mol. The van der Waals surface area contributed by atoms with E-state index in [4.69, 9.17) is 5.11 Å². The first-order valence-corrected chi connectivity index (χ1v) is 6.40. The molecule has 5 nitrogen and oxygen atoms in total. The molecule has 0 fully saturated rings. The molecule has 0 unspecified atom stereocenters. The molecular weight excluding hydrogens is 242 g/mol. The van der Waals surface area contributed by atoms with E-state index in [-0.39, 0.29) is 0 Å². The van der Waals surface area contributed by atoms with Gasteiger partial charge in [0.15, 0.2) is 0 Å². The zero-order chi connectivity index (χ0) is 12.9. The third-order valence-corrected chi connectivity index (χ3v) is 2.98. The number of benzene rings is 1. The Morgan fingerprint density at radius 3 is 2.47 bits per heavy atom. The predicted molar refractivity (Wildman–Crippen MR) is 64.8 cm³/mol. The number of carboxylic acid groups (broad SMARTS) is 1. The summed E-state index contributed by atoms with van der Waals surface area (Å²) < 4.78 is 24.6. The van der Waals surface area contributed by atoms with Gasteiger partial charge in [0, 0.05) is 5.41 Å². The Morgan fingerprint density at radius 2 is 1.94 bits per heavy atom. The Hall–Kier alpha value is -1.66. The van der Waals surface area contributed by atoms with E-state index in [2.05, 4.69) is 0 Å². The molecule has 1 rings (SSSR count). The minimum Gasteiger partial charge on any atom is -0.480 e. The lowest BCUT2D eigenvalue weighted by Gasteiger charge is -1.98. The van der Waals surface area contributed by atoms with E-state index in [0.717, 1.165) is 16.5 Å². The van der Waals surface area contributed by atoms with E-state index < -0.39 is 22.5 Å². The lowest BCUT2D eigenvalue weighted by atomic mass is 10.2. The number of rotatable bonds is 5. The molecule has 0 aliphatic rings. The second kappa shape index (κ2) is 5.60. The van der Waals surface area contributed by atoms with E-state index >= 15 is 0 Å². The van der Waals surface area contributed by atoms with Crippen LogP contribution < -0.4 is 4.72 Å².